The third-order valence-corrected chi connectivity index (χ3v) is 2.78. The van der Waals surface area contributed by atoms with Crippen LogP contribution in [0.1, 0.15) is 33.2 Å². The predicted octanol–water partition coefficient (Wildman–Crippen LogP) is 4.60. The SMILES string of the molecule is [2H]/C(C)=C(/C(=C(/[2H])C)c1cc([2H])c(O)c([2H])c1)c1cc([2H])c(O)c([2H])c1. The molecule has 0 radical (unpaired) electrons. The number of aromatic hydroxyl groups is 2. The smallest absolute Gasteiger partial charge is 0.115 e. The minimum Gasteiger partial charge on any atom is -0.508 e. The molecule has 0 amide bonds. The maximum Gasteiger partial charge on any atom is 0.115 e. The van der Waals surface area contributed by atoms with Gasteiger partial charge >= 0.3 is 0 Å². The Bertz CT molecular complexity index is 815. The van der Waals surface area contributed by atoms with E-state index in [0.29, 0.717) is 11.1 Å². The summed E-state index contributed by atoms with van der Waals surface area (Å²) in [6, 6.07) is 4.20. The van der Waals surface area contributed by atoms with Gasteiger partial charge in [0.2, 0.25) is 0 Å². The van der Waals surface area contributed by atoms with Crippen LogP contribution in [0.2, 0.25) is 0 Å². The van der Waals surface area contributed by atoms with Crippen LogP contribution in [0.15, 0.2) is 60.5 Å². The van der Waals surface area contributed by atoms with E-state index in [1.54, 1.807) is 0 Å². The van der Waals surface area contributed by atoms with E-state index in [1.807, 2.05) is 0 Å². The molecule has 2 aromatic carbocycles. The van der Waals surface area contributed by atoms with Gasteiger partial charge in [0, 0.05) is 0 Å². The molecule has 102 valence electrons. The van der Waals surface area contributed by atoms with Gasteiger partial charge in [0.1, 0.15) is 11.5 Å². The second-order valence-corrected chi connectivity index (χ2v) is 4.01. The van der Waals surface area contributed by atoms with Crippen molar-refractivity contribution in [2.75, 3.05) is 0 Å². The molecular formula is C18H18O2. The average molecular weight is 272 g/mol. The monoisotopic (exact) mass is 272 g/mol. The van der Waals surface area contributed by atoms with Crippen molar-refractivity contribution in [2.45, 2.75) is 13.8 Å². The molecule has 0 heterocycles. The highest BCUT2D eigenvalue weighted by Crippen LogP contribution is 2.32. The summed E-state index contributed by atoms with van der Waals surface area (Å²) in [6.45, 7) is 2.98. The fourth-order valence-corrected chi connectivity index (χ4v) is 1.87. The Kier molecular flexibility index (Phi) is 2.43. The number of phenols is 2. The van der Waals surface area contributed by atoms with Gasteiger partial charge in [0.05, 0.1) is 8.22 Å². The molecule has 0 spiro atoms. The standard InChI is InChI=1S/C18H18O2/c1-3-17(13-5-9-15(19)10-6-13)18(4-2)14-7-11-16(20)12-8-14/h3-12,19-20H,1-2H3/b17-3-,18-4-/i3D,4D,9D,10D,11D,12D. The Hall–Kier alpha value is -2.48. The van der Waals surface area contributed by atoms with Crippen LogP contribution in [0.3, 0.4) is 0 Å². The van der Waals surface area contributed by atoms with Crippen molar-refractivity contribution in [1.82, 2.24) is 0 Å². The molecule has 2 rings (SSSR count). The van der Waals surface area contributed by atoms with Crippen molar-refractivity contribution in [2.24, 2.45) is 0 Å². The molecule has 0 aliphatic rings. The largest absolute Gasteiger partial charge is 0.508 e. The second-order valence-electron chi connectivity index (χ2n) is 4.01. The minimum absolute atomic E-state index is 0.0576. The van der Waals surface area contributed by atoms with Crippen LogP contribution in [0, 0.1) is 0 Å². The molecule has 2 nitrogen and oxygen atoms in total. The highest BCUT2D eigenvalue weighted by Gasteiger charge is 2.09. The van der Waals surface area contributed by atoms with Gasteiger partial charge in [-0.15, -0.1) is 0 Å². The normalized spacial score (nSPS) is 17.7. The van der Waals surface area contributed by atoms with Crippen LogP contribution >= 0.6 is 0 Å². The summed E-state index contributed by atoms with van der Waals surface area (Å²) < 4.78 is 47.3. The lowest BCUT2D eigenvalue weighted by molar-refractivity contribution is 0.474. The maximum atomic E-state index is 9.65. The Balaban J connectivity index is 2.80. The first-order valence-corrected chi connectivity index (χ1v) is 6.01. The van der Waals surface area contributed by atoms with Crippen LogP contribution in [0.4, 0.5) is 0 Å². The molecular weight excluding hydrogens is 248 g/mol. The Morgan fingerprint density at radius 2 is 1.15 bits per heavy atom. The molecule has 0 bridgehead atoms. The molecule has 0 unspecified atom stereocenters. The van der Waals surface area contributed by atoms with Gasteiger partial charge in [-0.05, 0) is 60.3 Å². The molecule has 2 heteroatoms. The number of rotatable bonds is 3. The third-order valence-electron chi connectivity index (χ3n) is 2.78. The fourth-order valence-electron chi connectivity index (χ4n) is 1.87. The highest BCUT2D eigenvalue weighted by molar-refractivity contribution is 6.04. The lowest BCUT2D eigenvalue weighted by atomic mass is 9.92. The topological polar surface area (TPSA) is 40.5 Å². The molecule has 0 atom stereocenters. The van der Waals surface area contributed by atoms with E-state index in [0.717, 1.165) is 0 Å². The van der Waals surface area contributed by atoms with Crippen molar-refractivity contribution in [1.29, 1.82) is 0 Å². The first-order chi connectivity index (χ1) is 12.0. The summed E-state index contributed by atoms with van der Waals surface area (Å²) in [4.78, 5) is 0. The molecule has 20 heavy (non-hydrogen) atoms. The lowest BCUT2D eigenvalue weighted by Gasteiger charge is -2.13. The van der Waals surface area contributed by atoms with E-state index in [1.165, 1.54) is 38.1 Å². The van der Waals surface area contributed by atoms with Gasteiger partial charge in [-0.1, -0.05) is 36.4 Å². The van der Waals surface area contributed by atoms with Crippen molar-refractivity contribution >= 4 is 11.1 Å². The Morgan fingerprint density at radius 1 is 0.850 bits per heavy atom. The van der Waals surface area contributed by atoms with Crippen molar-refractivity contribution in [3.05, 3.63) is 71.7 Å². The molecule has 2 N–H and O–H groups in total. The Morgan fingerprint density at radius 3 is 1.40 bits per heavy atom. The van der Waals surface area contributed by atoms with E-state index in [9.17, 15) is 10.2 Å². The van der Waals surface area contributed by atoms with Crippen LogP contribution in [-0.2, 0) is 0 Å². The van der Waals surface area contributed by atoms with Crippen molar-refractivity contribution in [3.63, 3.8) is 0 Å². The molecule has 0 aliphatic carbocycles. The summed E-state index contributed by atoms with van der Waals surface area (Å²) in [6.07, 6.45) is 0. The van der Waals surface area contributed by atoms with Gasteiger partial charge in [-0.25, -0.2) is 0 Å². The average Bonchev–Trinajstić information content (AvgIpc) is 2.53. The van der Waals surface area contributed by atoms with E-state index in [-0.39, 0.29) is 47.4 Å². The quantitative estimate of drug-likeness (QED) is 0.801. The summed E-state index contributed by atoms with van der Waals surface area (Å²) in [5.74, 6) is -0.953. The fraction of sp³-hybridized carbons (Fsp3) is 0.111. The summed E-state index contributed by atoms with van der Waals surface area (Å²) >= 11 is 0. The molecule has 0 fully saturated rings. The van der Waals surface area contributed by atoms with Crippen molar-refractivity contribution in [3.8, 4) is 11.5 Å². The number of hydrogen-bond acceptors (Lipinski definition) is 2. The zero-order valence-corrected chi connectivity index (χ0v) is 11.2. The maximum absolute atomic E-state index is 9.65. The molecule has 2 aromatic rings. The number of hydrogen-bond donors (Lipinski definition) is 2. The second kappa shape index (κ2) is 6.11. The van der Waals surface area contributed by atoms with Gasteiger partial charge in [-0.3, -0.25) is 0 Å². The summed E-state index contributed by atoms with van der Waals surface area (Å²) in [5.41, 5.74) is 1.11. The Labute approximate surface area is 127 Å². The molecule has 0 saturated carbocycles. The highest BCUT2D eigenvalue weighted by atomic mass is 16.3. The van der Waals surface area contributed by atoms with Crippen LogP contribution in [-0.4, -0.2) is 10.2 Å². The first-order valence-electron chi connectivity index (χ1n) is 9.01. The molecule has 0 aromatic heterocycles. The zero-order valence-electron chi connectivity index (χ0n) is 17.2. The van der Waals surface area contributed by atoms with Gasteiger partial charge in [-0.2, -0.15) is 0 Å². The van der Waals surface area contributed by atoms with Gasteiger partial charge in [0.25, 0.3) is 0 Å². The van der Waals surface area contributed by atoms with Gasteiger partial charge in [0.15, 0.2) is 0 Å². The predicted molar refractivity (Wildman–Crippen MR) is 83.5 cm³/mol. The van der Waals surface area contributed by atoms with Crippen molar-refractivity contribution < 1.29 is 18.4 Å². The third kappa shape index (κ3) is 2.91. The summed E-state index contributed by atoms with van der Waals surface area (Å²) in [7, 11) is 0. The van der Waals surface area contributed by atoms with Crippen LogP contribution < -0.4 is 0 Å². The first kappa shape index (κ1) is 7.95. The molecule has 0 saturated heterocycles. The number of phenolic OH excluding ortho intramolecular Hbond substituents is 2. The summed E-state index contributed by atoms with van der Waals surface area (Å²) in [5, 5.41) is 19.3. The van der Waals surface area contributed by atoms with Gasteiger partial charge < -0.3 is 10.2 Å². The number of benzene rings is 2. The molecule has 0 aliphatic heterocycles. The minimum atomic E-state index is -0.476. The van der Waals surface area contributed by atoms with E-state index >= 15 is 0 Å². The lowest BCUT2D eigenvalue weighted by Crippen LogP contribution is -1.90. The van der Waals surface area contributed by atoms with Crippen LogP contribution in [0.25, 0.3) is 11.1 Å². The zero-order chi connectivity index (χ0) is 19.8. The van der Waals surface area contributed by atoms with E-state index in [4.69, 9.17) is 8.22 Å². The number of allylic oxidation sites excluding steroid dienone is 4. The van der Waals surface area contributed by atoms with Crippen LogP contribution in [0.5, 0.6) is 11.5 Å². The van der Waals surface area contributed by atoms with E-state index < -0.39 is 11.5 Å². The van der Waals surface area contributed by atoms with E-state index in [2.05, 4.69) is 0 Å².